The van der Waals surface area contributed by atoms with E-state index in [9.17, 15) is 18.0 Å². The van der Waals surface area contributed by atoms with Gasteiger partial charge in [0.1, 0.15) is 10.6 Å². The van der Waals surface area contributed by atoms with Crippen LogP contribution in [0.15, 0.2) is 77.7 Å². The molecule has 4 aromatic rings. The normalized spacial score (nSPS) is 11.5. The number of esters is 1. The van der Waals surface area contributed by atoms with Crippen LogP contribution < -0.4 is 10.1 Å². The smallest absolute Gasteiger partial charge is 0.348 e. The molecule has 0 fully saturated rings. The molecule has 38 heavy (non-hydrogen) atoms. The summed E-state index contributed by atoms with van der Waals surface area (Å²) in [5.74, 6) is -0.586. The zero-order valence-electron chi connectivity index (χ0n) is 20.6. The van der Waals surface area contributed by atoms with Gasteiger partial charge in [0.25, 0.3) is 0 Å². The van der Waals surface area contributed by atoms with Crippen LogP contribution in [0.2, 0.25) is 5.02 Å². The third-order valence-corrected chi connectivity index (χ3v) is 8.73. The summed E-state index contributed by atoms with van der Waals surface area (Å²) in [6.07, 6.45) is 0. The van der Waals surface area contributed by atoms with Gasteiger partial charge in [-0.3, -0.25) is 4.79 Å². The van der Waals surface area contributed by atoms with E-state index in [1.807, 2.05) is 6.07 Å². The second kappa shape index (κ2) is 12.0. The first-order chi connectivity index (χ1) is 18.2. The molecule has 3 aromatic carbocycles. The van der Waals surface area contributed by atoms with Crippen LogP contribution in [0, 0.1) is 0 Å². The van der Waals surface area contributed by atoms with Gasteiger partial charge in [-0.05, 0) is 60.3 Å². The molecule has 0 unspecified atom stereocenters. The first-order valence-electron chi connectivity index (χ1n) is 11.6. The Hall–Kier alpha value is -3.44. The van der Waals surface area contributed by atoms with Gasteiger partial charge < -0.3 is 14.8 Å². The van der Waals surface area contributed by atoms with Crippen molar-refractivity contribution < 1.29 is 27.5 Å². The van der Waals surface area contributed by atoms with E-state index in [1.165, 1.54) is 36.6 Å². The summed E-state index contributed by atoms with van der Waals surface area (Å²) in [5, 5.41) is 3.68. The molecule has 11 heteroatoms. The van der Waals surface area contributed by atoms with Crippen molar-refractivity contribution in [1.29, 1.82) is 0 Å². The molecule has 0 bridgehead atoms. The highest BCUT2D eigenvalue weighted by atomic mass is 35.5. The monoisotopic (exact) mass is 572 g/mol. The number of nitrogens with one attached hydrogen (secondary N) is 1. The molecule has 1 N–H and O–H groups in total. The van der Waals surface area contributed by atoms with Gasteiger partial charge in [-0.15, -0.1) is 11.3 Å². The van der Waals surface area contributed by atoms with Gasteiger partial charge in [-0.1, -0.05) is 41.9 Å². The van der Waals surface area contributed by atoms with Gasteiger partial charge in [-0.25, -0.2) is 13.2 Å². The average Bonchev–Trinajstić information content (AvgIpc) is 3.33. The van der Waals surface area contributed by atoms with Crippen LogP contribution in [-0.2, 0) is 26.1 Å². The van der Waals surface area contributed by atoms with E-state index in [4.69, 9.17) is 21.1 Å². The Bertz CT molecular complexity index is 1570. The van der Waals surface area contributed by atoms with Crippen LogP contribution in [0.4, 0.5) is 5.69 Å². The third kappa shape index (κ3) is 6.33. The highest BCUT2D eigenvalue weighted by molar-refractivity contribution is 7.89. The SMILES string of the molecule is CCOc1ccc(S(=O)(=O)N(CC(=O)Nc2ccc3sc(C(=O)OC)cc3c2)Cc2ccccc2)cc1Cl. The zero-order chi connectivity index (χ0) is 27.3. The van der Waals surface area contributed by atoms with Gasteiger partial charge in [0.15, 0.2) is 0 Å². The molecule has 0 spiro atoms. The number of carbonyl (C=O) groups is 2. The Morgan fingerprint density at radius 3 is 2.47 bits per heavy atom. The number of benzene rings is 3. The lowest BCUT2D eigenvalue weighted by Crippen LogP contribution is -2.37. The molecule has 0 aliphatic heterocycles. The predicted octanol–water partition coefficient (Wildman–Crippen LogP) is 5.57. The molecular formula is C27H25ClN2O6S2. The molecule has 8 nitrogen and oxygen atoms in total. The van der Waals surface area contributed by atoms with E-state index in [-0.39, 0.29) is 16.5 Å². The molecule has 1 amide bonds. The molecule has 1 aromatic heterocycles. The minimum Gasteiger partial charge on any atom is -0.492 e. The van der Waals surface area contributed by atoms with Crippen molar-refractivity contribution in [2.24, 2.45) is 0 Å². The van der Waals surface area contributed by atoms with Gasteiger partial charge in [0.2, 0.25) is 15.9 Å². The standard InChI is InChI=1S/C27H25ClN2O6S2/c1-3-36-23-11-10-21(15-22(23)28)38(33,34)30(16-18-7-5-4-6-8-18)17-26(31)29-20-9-12-24-19(13-20)14-25(37-24)27(32)35-2/h4-15H,3,16-17H2,1-2H3,(H,29,31). The van der Waals surface area contributed by atoms with E-state index < -0.39 is 28.4 Å². The maximum Gasteiger partial charge on any atom is 0.348 e. The first-order valence-corrected chi connectivity index (χ1v) is 14.2. The molecule has 4 rings (SSSR count). The predicted molar refractivity (Wildman–Crippen MR) is 148 cm³/mol. The molecule has 198 valence electrons. The molecular weight excluding hydrogens is 548 g/mol. The number of fused-ring (bicyclic) bond motifs is 1. The Kier molecular flexibility index (Phi) is 8.68. The minimum atomic E-state index is -4.10. The Balaban J connectivity index is 1.58. The number of ether oxygens (including phenoxy) is 2. The summed E-state index contributed by atoms with van der Waals surface area (Å²) < 4.78 is 39.4. The van der Waals surface area contributed by atoms with Gasteiger partial charge in [0, 0.05) is 16.9 Å². The summed E-state index contributed by atoms with van der Waals surface area (Å²) >= 11 is 7.54. The number of rotatable bonds is 10. The summed E-state index contributed by atoms with van der Waals surface area (Å²) in [6.45, 7) is 1.73. The zero-order valence-corrected chi connectivity index (χ0v) is 23.0. The lowest BCUT2D eigenvalue weighted by atomic mass is 10.2. The molecule has 0 radical (unpaired) electrons. The first kappa shape index (κ1) is 27.6. The fraction of sp³-hybridized carbons (Fsp3) is 0.185. The fourth-order valence-electron chi connectivity index (χ4n) is 3.76. The lowest BCUT2D eigenvalue weighted by Gasteiger charge is -2.22. The van der Waals surface area contributed by atoms with E-state index in [1.54, 1.807) is 55.5 Å². The second-order valence-corrected chi connectivity index (χ2v) is 11.6. The average molecular weight is 573 g/mol. The third-order valence-electron chi connectivity index (χ3n) is 5.55. The van der Waals surface area contributed by atoms with Crippen molar-refractivity contribution >= 4 is 60.6 Å². The number of hydrogen-bond acceptors (Lipinski definition) is 7. The number of nitrogens with zero attached hydrogens (tertiary/aromatic N) is 1. The molecule has 1 heterocycles. The topological polar surface area (TPSA) is 102 Å². The summed E-state index contributed by atoms with van der Waals surface area (Å²) in [5.41, 5.74) is 1.19. The number of sulfonamides is 1. The minimum absolute atomic E-state index is 0.0204. The number of amides is 1. The van der Waals surface area contributed by atoms with Crippen molar-refractivity contribution in [1.82, 2.24) is 4.31 Å². The van der Waals surface area contributed by atoms with Crippen LogP contribution in [0.3, 0.4) is 0 Å². The van der Waals surface area contributed by atoms with Crippen LogP contribution in [0.25, 0.3) is 10.1 Å². The Morgan fingerprint density at radius 1 is 1.03 bits per heavy atom. The van der Waals surface area contributed by atoms with Gasteiger partial charge >= 0.3 is 5.97 Å². The number of anilines is 1. The summed E-state index contributed by atoms with van der Waals surface area (Å²) in [4.78, 5) is 25.3. The van der Waals surface area contributed by atoms with E-state index in [0.717, 1.165) is 20.0 Å². The van der Waals surface area contributed by atoms with Crippen molar-refractivity contribution in [2.45, 2.75) is 18.4 Å². The molecule has 0 saturated heterocycles. The Morgan fingerprint density at radius 2 is 1.79 bits per heavy atom. The van der Waals surface area contributed by atoms with Crippen LogP contribution in [0.5, 0.6) is 5.75 Å². The molecule has 0 aliphatic rings. The van der Waals surface area contributed by atoms with Crippen molar-refractivity contribution in [2.75, 3.05) is 25.6 Å². The lowest BCUT2D eigenvalue weighted by molar-refractivity contribution is -0.116. The summed E-state index contributed by atoms with van der Waals surface area (Å²) in [7, 11) is -2.79. The van der Waals surface area contributed by atoms with Crippen molar-refractivity contribution in [3.8, 4) is 5.75 Å². The maximum absolute atomic E-state index is 13.6. The summed E-state index contributed by atoms with van der Waals surface area (Å²) in [6, 6.07) is 20.1. The van der Waals surface area contributed by atoms with Gasteiger partial charge in [0.05, 0.1) is 30.2 Å². The van der Waals surface area contributed by atoms with Gasteiger partial charge in [-0.2, -0.15) is 4.31 Å². The number of methoxy groups -OCH3 is 1. The van der Waals surface area contributed by atoms with Crippen molar-refractivity contribution in [3.63, 3.8) is 0 Å². The highest BCUT2D eigenvalue weighted by Gasteiger charge is 2.28. The number of carbonyl (C=O) groups excluding carboxylic acids is 2. The van der Waals surface area contributed by atoms with Crippen LogP contribution in [0.1, 0.15) is 22.2 Å². The van der Waals surface area contributed by atoms with Crippen molar-refractivity contribution in [3.05, 3.63) is 88.3 Å². The van der Waals surface area contributed by atoms with E-state index in [0.29, 0.717) is 22.9 Å². The van der Waals surface area contributed by atoms with E-state index >= 15 is 0 Å². The molecule has 0 atom stereocenters. The molecule has 0 aliphatic carbocycles. The quantitative estimate of drug-likeness (QED) is 0.249. The van der Waals surface area contributed by atoms with Crippen LogP contribution >= 0.6 is 22.9 Å². The largest absolute Gasteiger partial charge is 0.492 e. The molecule has 0 saturated carbocycles. The Labute approximate surface area is 229 Å². The highest BCUT2D eigenvalue weighted by Crippen LogP contribution is 2.30. The fourth-order valence-corrected chi connectivity index (χ4v) is 6.43. The van der Waals surface area contributed by atoms with Crippen LogP contribution in [-0.4, -0.2) is 44.9 Å². The second-order valence-electron chi connectivity index (χ2n) is 8.19. The maximum atomic E-state index is 13.6. The number of thiophene rings is 1. The number of hydrogen-bond donors (Lipinski definition) is 1. The van der Waals surface area contributed by atoms with E-state index in [2.05, 4.69) is 5.32 Å². The number of halogens is 1.